The number of rotatable bonds is 3. The zero-order valence-corrected chi connectivity index (χ0v) is 6.43. The van der Waals surface area contributed by atoms with E-state index in [-0.39, 0.29) is 11.4 Å². The van der Waals surface area contributed by atoms with Crippen molar-refractivity contribution in [3.05, 3.63) is 28.1 Å². The van der Waals surface area contributed by atoms with Gasteiger partial charge in [-0.1, -0.05) is 0 Å². The lowest BCUT2D eigenvalue weighted by Gasteiger charge is -2.00. The fourth-order valence-electron chi connectivity index (χ4n) is 0.818. The molecular weight excluding hydrogens is 178 g/mol. The van der Waals surface area contributed by atoms with Gasteiger partial charge < -0.3 is 15.8 Å². The first-order chi connectivity index (χ1) is 6.02. The SMILES string of the molecule is N[C@@H](C(=O)O)c1cc([N+](=O)[O-])c[nH]1. The fourth-order valence-corrected chi connectivity index (χ4v) is 0.818. The molecule has 0 spiro atoms. The molecule has 0 radical (unpaired) electrons. The number of hydrogen-bond acceptors (Lipinski definition) is 4. The predicted molar refractivity (Wildman–Crippen MR) is 42.0 cm³/mol. The second-order valence-corrected chi connectivity index (χ2v) is 2.39. The molecule has 1 rings (SSSR count). The molecule has 0 aliphatic heterocycles. The zero-order chi connectivity index (χ0) is 10.0. The zero-order valence-electron chi connectivity index (χ0n) is 6.43. The smallest absolute Gasteiger partial charge is 0.326 e. The van der Waals surface area contributed by atoms with Gasteiger partial charge in [0.2, 0.25) is 0 Å². The van der Waals surface area contributed by atoms with Crippen LogP contribution < -0.4 is 5.73 Å². The normalized spacial score (nSPS) is 12.4. The molecule has 1 heterocycles. The molecule has 0 amide bonds. The number of aliphatic carboxylic acids is 1. The van der Waals surface area contributed by atoms with Crippen molar-refractivity contribution in [1.29, 1.82) is 0 Å². The summed E-state index contributed by atoms with van der Waals surface area (Å²) in [6, 6.07) is -0.160. The Morgan fingerprint density at radius 3 is 2.77 bits per heavy atom. The van der Waals surface area contributed by atoms with Crippen molar-refractivity contribution in [2.24, 2.45) is 5.73 Å². The van der Waals surface area contributed by atoms with E-state index < -0.39 is 16.9 Å². The average molecular weight is 185 g/mol. The Kier molecular flexibility index (Phi) is 2.29. The van der Waals surface area contributed by atoms with E-state index in [1.807, 2.05) is 0 Å². The molecule has 1 aromatic rings. The number of nitrogens with one attached hydrogen (secondary N) is 1. The third kappa shape index (κ3) is 1.82. The second-order valence-electron chi connectivity index (χ2n) is 2.39. The molecule has 7 nitrogen and oxygen atoms in total. The molecule has 13 heavy (non-hydrogen) atoms. The van der Waals surface area contributed by atoms with Crippen LogP contribution in [0, 0.1) is 10.1 Å². The van der Waals surface area contributed by atoms with E-state index in [1.54, 1.807) is 0 Å². The van der Waals surface area contributed by atoms with Crippen LogP contribution in [0.5, 0.6) is 0 Å². The standard InChI is InChI=1S/C6H7N3O4/c7-5(6(10)11)4-1-3(2-8-4)9(12)13/h1-2,5,8H,7H2,(H,10,11)/t5-/m1/s1. The van der Waals surface area contributed by atoms with E-state index in [9.17, 15) is 14.9 Å². The summed E-state index contributed by atoms with van der Waals surface area (Å²) in [4.78, 5) is 22.4. The summed E-state index contributed by atoms with van der Waals surface area (Å²) in [7, 11) is 0. The first-order valence-electron chi connectivity index (χ1n) is 3.33. The molecule has 0 saturated heterocycles. The fraction of sp³-hybridized carbons (Fsp3) is 0.167. The molecule has 1 atom stereocenters. The van der Waals surface area contributed by atoms with Crippen LogP contribution in [0.4, 0.5) is 5.69 Å². The highest BCUT2D eigenvalue weighted by molar-refractivity contribution is 5.74. The summed E-state index contributed by atoms with van der Waals surface area (Å²) in [5, 5.41) is 18.7. The first-order valence-corrected chi connectivity index (χ1v) is 3.33. The number of H-pyrrole nitrogens is 1. The van der Waals surface area contributed by atoms with Crippen molar-refractivity contribution in [3.63, 3.8) is 0 Å². The van der Waals surface area contributed by atoms with Gasteiger partial charge in [0.05, 0.1) is 16.8 Å². The average Bonchev–Trinajstić information content (AvgIpc) is 2.50. The molecule has 70 valence electrons. The van der Waals surface area contributed by atoms with Gasteiger partial charge >= 0.3 is 5.97 Å². The summed E-state index contributed by atoms with van der Waals surface area (Å²) in [5.41, 5.74) is 5.11. The maximum absolute atomic E-state index is 10.4. The van der Waals surface area contributed by atoms with Crippen molar-refractivity contribution in [1.82, 2.24) is 4.98 Å². The van der Waals surface area contributed by atoms with Crippen molar-refractivity contribution in [2.45, 2.75) is 6.04 Å². The van der Waals surface area contributed by atoms with Gasteiger partial charge in [0, 0.05) is 6.07 Å². The number of aromatic nitrogens is 1. The van der Waals surface area contributed by atoms with E-state index in [4.69, 9.17) is 10.8 Å². The number of aromatic amines is 1. The topological polar surface area (TPSA) is 122 Å². The number of nitrogens with two attached hydrogens (primary N) is 1. The Bertz CT molecular complexity index is 345. The minimum Gasteiger partial charge on any atom is -0.480 e. The molecule has 0 aliphatic rings. The number of carbonyl (C=O) groups is 1. The van der Waals surface area contributed by atoms with Gasteiger partial charge in [-0.3, -0.25) is 14.9 Å². The quantitative estimate of drug-likeness (QED) is 0.452. The van der Waals surface area contributed by atoms with Crippen LogP contribution in [0.15, 0.2) is 12.3 Å². The Morgan fingerprint density at radius 2 is 2.38 bits per heavy atom. The molecule has 0 aliphatic carbocycles. The lowest BCUT2D eigenvalue weighted by atomic mass is 10.2. The summed E-state index contributed by atoms with van der Waals surface area (Å²) in [6.07, 6.45) is 1.10. The molecule has 0 unspecified atom stereocenters. The van der Waals surface area contributed by atoms with Crippen LogP contribution >= 0.6 is 0 Å². The minimum absolute atomic E-state index is 0.110. The molecule has 0 bridgehead atoms. The van der Waals surface area contributed by atoms with Crippen LogP contribution in [0.1, 0.15) is 11.7 Å². The molecule has 7 heteroatoms. The van der Waals surface area contributed by atoms with Crippen LogP contribution in [-0.4, -0.2) is 21.0 Å². The summed E-state index contributed by atoms with van der Waals surface area (Å²) in [5.74, 6) is -1.24. The molecule has 0 fully saturated rings. The third-order valence-corrected chi connectivity index (χ3v) is 1.50. The Labute approximate surface area is 72.3 Å². The van der Waals surface area contributed by atoms with E-state index >= 15 is 0 Å². The monoisotopic (exact) mass is 185 g/mol. The van der Waals surface area contributed by atoms with E-state index in [0.29, 0.717) is 0 Å². The molecular formula is C6H7N3O4. The molecule has 0 saturated carbocycles. The van der Waals surface area contributed by atoms with Gasteiger partial charge in [0.25, 0.3) is 5.69 Å². The van der Waals surface area contributed by atoms with E-state index in [0.717, 1.165) is 12.3 Å². The Morgan fingerprint density at radius 1 is 1.77 bits per heavy atom. The second kappa shape index (κ2) is 3.23. The number of carboxylic acids is 1. The largest absolute Gasteiger partial charge is 0.480 e. The van der Waals surface area contributed by atoms with Gasteiger partial charge in [-0.25, -0.2) is 0 Å². The molecule has 4 N–H and O–H groups in total. The maximum Gasteiger partial charge on any atom is 0.326 e. The Hall–Kier alpha value is -1.89. The highest BCUT2D eigenvalue weighted by atomic mass is 16.6. The lowest BCUT2D eigenvalue weighted by Crippen LogP contribution is -2.20. The van der Waals surface area contributed by atoms with Crippen LogP contribution in [0.2, 0.25) is 0 Å². The van der Waals surface area contributed by atoms with E-state index in [1.165, 1.54) is 0 Å². The highest BCUT2D eigenvalue weighted by Gasteiger charge is 2.19. The molecule has 1 aromatic heterocycles. The third-order valence-electron chi connectivity index (χ3n) is 1.50. The summed E-state index contributed by atoms with van der Waals surface area (Å²) >= 11 is 0. The number of hydrogen-bond donors (Lipinski definition) is 3. The van der Waals surface area contributed by atoms with Crippen molar-refractivity contribution in [2.75, 3.05) is 0 Å². The van der Waals surface area contributed by atoms with Crippen LogP contribution in [0.3, 0.4) is 0 Å². The Balaban J connectivity index is 2.91. The van der Waals surface area contributed by atoms with Gasteiger partial charge in [-0.15, -0.1) is 0 Å². The molecule has 0 aromatic carbocycles. The van der Waals surface area contributed by atoms with Crippen molar-refractivity contribution >= 4 is 11.7 Å². The van der Waals surface area contributed by atoms with Gasteiger partial charge in [-0.05, 0) is 0 Å². The van der Waals surface area contributed by atoms with Gasteiger partial charge in [0.15, 0.2) is 0 Å². The summed E-state index contributed by atoms with van der Waals surface area (Å²) in [6.45, 7) is 0. The van der Waals surface area contributed by atoms with E-state index in [2.05, 4.69) is 4.98 Å². The maximum atomic E-state index is 10.4. The van der Waals surface area contributed by atoms with Gasteiger partial charge in [-0.2, -0.15) is 0 Å². The summed E-state index contributed by atoms with van der Waals surface area (Å²) < 4.78 is 0. The number of nitrogens with zero attached hydrogens (tertiary/aromatic N) is 1. The van der Waals surface area contributed by atoms with Crippen LogP contribution in [-0.2, 0) is 4.79 Å². The van der Waals surface area contributed by atoms with Crippen molar-refractivity contribution in [3.8, 4) is 0 Å². The van der Waals surface area contributed by atoms with Crippen LogP contribution in [0.25, 0.3) is 0 Å². The minimum atomic E-state index is -1.26. The predicted octanol–water partition coefficient (Wildman–Crippen LogP) is 0.00730. The highest BCUT2D eigenvalue weighted by Crippen LogP contribution is 2.16. The number of nitro groups is 1. The first kappa shape index (κ1) is 9.20. The lowest BCUT2D eigenvalue weighted by molar-refractivity contribution is -0.384. The number of carboxylic acid groups (broad SMARTS) is 1. The van der Waals surface area contributed by atoms with Crippen molar-refractivity contribution < 1.29 is 14.8 Å². The van der Waals surface area contributed by atoms with Gasteiger partial charge in [0.1, 0.15) is 6.04 Å².